The quantitative estimate of drug-likeness (QED) is 0.381. The fourth-order valence-electron chi connectivity index (χ4n) is 1.90. The Morgan fingerprint density at radius 2 is 2.00 bits per heavy atom. The lowest BCUT2D eigenvalue weighted by molar-refractivity contribution is -0.384. The topological polar surface area (TPSA) is 152 Å². The number of carboxylic acid groups (broad SMARTS) is 1. The third-order valence-electron chi connectivity index (χ3n) is 3.03. The molecule has 1 aromatic heterocycles. The Hall–Kier alpha value is -3.95. The van der Waals surface area contributed by atoms with E-state index in [9.17, 15) is 24.5 Å². The van der Waals surface area contributed by atoms with Crippen molar-refractivity contribution in [2.45, 2.75) is 0 Å². The second-order valence-corrected chi connectivity index (χ2v) is 4.92. The van der Waals surface area contributed by atoms with Gasteiger partial charge in [0.05, 0.1) is 11.2 Å². The zero-order valence-corrected chi connectivity index (χ0v) is 13.2. The molecule has 2 rings (SSSR count). The van der Waals surface area contributed by atoms with Crippen LogP contribution in [0.5, 0.6) is 0 Å². The Morgan fingerprint density at radius 1 is 1.23 bits per heavy atom. The van der Waals surface area contributed by atoms with E-state index in [-0.39, 0.29) is 22.7 Å². The van der Waals surface area contributed by atoms with E-state index in [0.29, 0.717) is 0 Å². The van der Waals surface area contributed by atoms with Crippen LogP contribution in [-0.2, 0) is 9.59 Å². The van der Waals surface area contributed by atoms with E-state index < -0.39 is 29.3 Å². The molecule has 1 heterocycles. The number of nitrogens with zero attached hydrogens (tertiary/aromatic N) is 1. The van der Waals surface area contributed by atoms with Crippen molar-refractivity contribution in [1.82, 2.24) is 10.6 Å². The first kappa shape index (κ1) is 18.4. The first-order valence-electron chi connectivity index (χ1n) is 7.18. The van der Waals surface area contributed by atoms with Gasteiger partial charge in [0, 0.05) is 12.1 Å². The van der Waals surface area contributed by atoms with Gasteiger partial charge < -0.3 is 20.2 Å². The SMILES string of the molecule is O=C(O)CNC(=O)C(=Cc1cccc([N+](=O)[O-])c1)NC(=O)c1ccco1. The Balaban J connectivity index is 2.31. The molecule has 2 aromatic rings. The van der Waals surface area contributed by atoms with Gasteiger partial charge in [-0.1, -0.05) is 12.1 Å². The molecule has 26 heavy (non-hydrogen) atoms. The van der Waals surface area contributed by atoms with Gasteiger partial charge >= 0.3 is 5.97 Å². The summed E-state index contributed by atoms with van der Waals surface area (Å²) in [5.74, 6) is -2.96. The van der Waals surface area contributed by atoms with Crippen molar-refractivity contribution in [3.63, 3.8) is 0 Å². The Labute approximate surface area is 146 Å². The first-order chi connectivity index (χ1) is 12.4. The molecule has 0 spiro atoms. The number of carboxylic acids is 1. The molecular formula is C16H13N3O7. The van der Waals surface area contributed by atoms with Crippen LogP contribution in [0.4, 0.5) is 5.69 Å². The molecule has 0 unspecified atom stereocenters. The molecule has 1 aromatic carbocycles. The predicted molar refractivity (Wildman–Crippen MR) is 87.9 cm³/mol. The standard InChI is InChI=1S/C16H13N3O7/c20-14(21)9-17-15(22)12(18-16(23)13-5-2-6-26-13)8-10-3-1-4-11(7-10)19(24)25/h1-8H,9H2,(H,17,22)(H,18,23)(H,20,21). The maximum absolute atomic E-state index is 12.2. The maximum atomic E-state index is 12.2. The number of nitro benzene ring substituents is 1. The molecule has 0 saturated heterocycles. The zero-order valence-electron chi connectivity index (χ0n) is 13.2. The monoisotopic (exact) mass is 359 g/mol. The summed E-state index contributed by atoms with van der Waals surface area (Å²) < 4.78 is 4.92. The van der Waals surface area contributed by atoms with Crippen molar-refractivity contribution in [2.75, 3.05) is 6.54 Å². The highest BCUT2D eigenvalue weighted by Gasteiger charge is 2.17. The minimum absolute atomic E-state index is 0.0685. The molecule has 0 fully saturated rings. The summed E-state index contributed by atoms with van der Waals surface area (Å²) in [6.07, 6.45) is 2.45. The average molecular weight is 359 g/mol. The number of carbonyl (C=O) groups is 3. The van der Waals surface area contributed by atoms with Crippen LogP contribution < -0.4 is 10.6 Å². The number of amides is 2. The molecule has 2 amide bonds. The van der Waals surface area contributed by atoms with Crippen LogP contribution in [0, 0.1) is 10.1 Å². The molecule has 0 bridgehead atoms. The normalized spacial score (nSPS) is 10.8. The summed E-state index contributed by atoms with van der Waals surface area (Å²) in [7, 11) is 0. The Bertz CT molecular complexity index is 872. The van der Waals surface area contributed by atoms with Gasteiger partial charge in [0.1, 0.15) is 12.2 Å². The minimum atomic E-state index is -1.27. The summed E-state index contributed by atoms with van der Waals surface area (Å²) in [5.41, 5.74) is -0.242. The predicted octanol–water partition coefficient (Wildman–Crippen LogP) is 1.16. The molecule has 0 atom stereocenters. The molecule has 10 heteroatoms. The Morgan fingerprint density at radius 3 is 2.62 bits per heavy atom. The molecule has 0 saturated carbocycles. The third-order valence-corrected chi connectivity index (χ3v) is 3.03. The van der Waals surface area contributed by atoms with Crippen molar-refractivity contribution in [3.05, 3.63) is 69.8 Å². The summed E-state index contributed by atoms with van der Waals surface area (Å²) >= 11 is 0. The molecular weight excluding hydrogens is 346 g/mol. The number of nitrogens with one attached hydrogen (secondary N) is 2. The van der Waals surface area contributed by atoms with Gasteiger partial charge in [-0.15, -0.1) is 0 Å². The number of hydrogen-bond donors (Lipinski definition) is 3. The molecule has 134 valence electrons. The number of aliphatic carboxylic acids is 1. The number of rotatable bonds is 7. The van der Waals surface area contributed by atoms with E-state index in [1.54, 1.807) is 0 Å². The van der Waals surface area contributed by atoms with Crippen molar-refractivity contribution in [3.8, 4) is 0 Å². The smallest absolute Gasteiger partial charge is 0.322 e. The molecule has 0 aliphatic heterocycles. The van der Waals surface area contributed by atoms with Gasteiger partial charge in [-0.3, -0.25) is 24.5 Å². The number of nitro groups is 1. The number of benzene rings is 1. The molecule has 3 N–H and O–H groups in total. The van der Waals surface area contributed by atoms with Crippen LogP contribution in [-0.4, -0.2) is 34.4 Å². The highest BCUT2D eigenvalue weighted by Crippen LogP contribution is 2.15. The summed E-state index contributed by atoms with van der Waals surface area (Å²) in [6.45, 7) is -0.665. The summed E-state index contributed by atoms with van der Waals surface area (Å²) in [6, 6.07) is 8.20. The van der Waals surface area contributed by atoms with E-state index in [1.807, 2.05) is 0 Å². The van der Waals surface area contributed by atoms with E-state index in [1.165, 1.54) is 48.7 Å². The van der Waals surface area contributed by atoms with Gasteiger partial charge in [0.25, 0.3) is 17.5 Å². The van der Waals surface area contributed by atoms with E-state index >= 15 is 0 Å². The van der Waals surface area contributed by atoms with Gasteiger partial charge in [-0.05, 0) is 23.8 Å². The van der Waals surface area contributed by atoms with Crippen LogP contribution >= 0.6 is 0 Å². The van der Waals surface area contributed by atoms with Gasteiger partial charge in [-0.25, -0.2) is 0 Å². The summed E-state index contributed by atoms with van der Waals surface area (Å²) in [5, 5.41) is 23.9. The lowest BCUT2D eigenvalue weighted by Gasteiger charge is -2.09. The second-order valence-electron chi connectivity index (χ2n) is 4.92. The van der Waals surface area contributed by atoms with Crippen LogP contribution in [0.25, 0.3) is 6.08 Å². The fourth-order valence-corrected chi connectivity index (χ4v) is 1.90. The van der Waals surface area contributed by atoms with Crippen LogP contribution in [0.2, 0.25) is 0 Å². The fraction of sp³-hybridized carbons (Fsp3) is 0.0625. The van der Waals surface area contributed by atoms with E-state index in [4.69, 9.17) is 9.52 Å². The number of non-ortho nitro benzene ring substituents is 1. The number of hydrogen-bond acceptors (Lipinski definition) is 6. The van der Waals surface area contributed by atoms with Crippen LogP contribution in [0.3, 0.4) is 0 Å². The van der Waals surface area contributed by atoms with Gasteiger partial charge in [-0.2, -0.15) is 0 Å². The third kappa shape index (κ3) is 5.03. The molecule has 0 aliphatic carbocycles. The van der Waals surface area contributed by atoms with Crippen molar-refractivity contribution in [2.24, 2.45) is 0 Å². The first-order valence-corrected chi connectivity index (χ1v) is 7.18. The van der Waals surface area contributed by atoms with E-state index in [0.717, 1.165) is 0 Å². The average Bonchev–Trinajstić information content (AvgIpc) is 3.14. The highest BCUT2D eigenvalue weighted by atomic mass is 16.6. The molecule has 0 aliphatic rings. The van der Waals surface area contributed by atoms with Gasteiger partial charge in [0.2, 0.25) is 0 Å². The van der Waals surface area contributed by atoms with Crippen LogP contribution in [0.15, 0.2) is 52.8 Å². The zero-order chi connectivity index (χ0) is 19.1. The van der Waals surface area contributed by atoms with Crippen molar-refractivity contribution >= 4 is 29.5 Å². The maximum Gasteiger partial charge on any atom is 0.322 e. The minimum Gasteiger partial charge on any atom is -0.480 e. The van der Waals surface area contributed by atoms with Gasteiger partial charge in [0.15, 0.2) is 5.76 Å². The second kappa shape index (κ2) is 8.24. The lowest BCUT2D eigenvalue weighted by Crippen LogP contribution is -2.37. The number of carbonyl (C=O) groups excluding carboxylic acids is 2. The van der Waals surface area contributed by atoms with Crippen LogP contribution in [0.1, 0.15) is 16.1 Å². The Kier molecular flexibility index (Phi) is 5.83. The molecule has 0 radical (unpaired) electrons. The van der Waals surface area contributed by atoms with Crippen molar-refractivity contribution in [1.29, 1.82) is 0 Å². The van der Waals surface area contributed by atoms with Crippen molar-refractivity contribution < 1.29 is 28.8 Å². The van der Waals surface area contributed by atoms with E-state index in [2.05, 4.69) is 10.6 Å². The number of furan rings is 1. The summed E-state index contributed by atoms with van der Waals surface area (Å²) in [4.78, 5) is 45.1. The molecule has 10 nitrogen and oxygen atoms in total. The lowest BCUT2D eigenvalue weighted by atomic mass is 10.1. The largest absolute Gasteiger partial charge is 0.480 e. The highest BCUT2D eigenvalue weighted by molar-refractivity contribution is 6.05.